The summed E-state index contributed by atoms with van der Waals surface area (Å²) >= 11 is 0. The maximum absolute atomic E-state index is 12.5. The number of carbonyl (C=O) groups is 2. The van der Waals surface area contributed by atoms with Gasteiger partial charge in [-0.1, -0.05) is 18.2 Å². The Morgan fingerprint density at radius 1 is 1.15 bits per heavy atom. The molecule has 0 aromatic heterocycles. The summed E-state index contributed by atoms with van der Waals surface area (Å²) in [5, 5.41) is 19.8. The molecule has 1 aliphatic rings. The maximum atomic E-state index is 12.5. The van der Waals surface area contributed by atoms with E-state index in [1.165, 1.54) is 25.3 Å². The third kappa shape index (κ3) is 4.71. The largest absolute Gasteiger partial charge is 0.497 e. The molecule has 1 heterocycles. The molecule has 7 nitrogen and oxygen atoms in total. The molecule has 140 valence electrons. The summed E-state index contributed by atoms with van der Waals surface area (Å²) in [6.07, 6.45) is 2.80. The molecule has 0 aliphatic carbocycles. The molecule has 1 aromatic carbocycles. The van der Waals surface area contributed by atoms with Crippen LogP contribution in [0.1, 0.15) is 35.7 Å². The molecule has 0 radical (unpaired) electrons. The van der Waals surface area contributed by atoms with Gasteiger partial charge in [0.05, 0.1) is 24.5 Å². The minimum absolute atomic E-state index is 0.0166. The van der Waals surface area contributed by atoms with Crippen molar-refractivity contribution >= 4 is 23.5 Å². The average molecular weight is 361 g/mol. The number of fused-ring (bicyclic) bond motifs is 1. The van der Waals surface area contributed by atoms with Gasteiger partial charge in [-0.3, -0.25) is 4.79 Å². The second-order valence-electron chi connectivity index (χ2n) is 6.09. The Kier molecular flexibility index (Phi) is 6.54. The van der Waals surface area contributed by atoms with Crippen LogP contribution in [0.3, 0.4) is 0 Å². The van der Waals surface area contributed by atoms with Crippen LogP contribution < -0.4 is 10.5 Å². The number of carbonyl (C=O) groups excluding carboxylic acids is 2. The fraction of sp³-hybridized carbons (Fsp3) is 0.368. The SMILES string of the molecule is COc1cc(N)c2c(c1)/C=C/CC(O)[C@H](O)C(=O)/C=C\CC(C)OC2=O. The normalized spacial score (nSPS) is 27.0. The Morgan fingerprint density at radius 3 is 2.54 bits per heavy atom. The smallest absolute Gasteiger partial charge is 0.341 e. The fourth-order valence-corrected chi connectivity index (χ4v) is 2.56. The van der Waals surface area contributed by atoms with Crippen molar-refractivity contribution in [2.24, 2.45) is 0 Å². The van der Waals surface area contributed by atoms with E-state index in [0.717, 1.165) is 0 Å². The zero-order valence-corrected chi connectivity index (χ0v) is 14.7. The van der Waals surface area contributed by atoms with E-state index in [2.05, 4.69) is 0 Å². The van der Waals surface area contributed by atoms with Gasteiger partial charge in [-0.15, -0.1) is 0 Å². The molecule has 2 unspecified atom stereocenters. The lowest BCUT2D eigenvalue weighted by Crippen LogP contribution is -2.32. The average Bonchev–Trinajstić information content (AvgIpc) is 2.59. The van der Waals surface area contributed by atoms with Gasteiger partial charge >= 0.3 is 5.97 Å². The fourth-order valence-electron chi connectivity index (χ4n) is 2.56. The van der Waals surface area contributed by atoms with E-state index in [-0.39, 0.29) is 24.1 Å². The third-order valence-corrected chi connectivity index (χ3v) is 4.00. The number of esters is 1. The highest BCUT2D eigenvalue weighted by molar-refractivity contribution is 5.99. The number of anilines is 1. The highest BCUT2D eigenvalue weighted by Gasteiger charge is 2.23. The molecule has 0 amide bonds. The lowest BCUT2D eigenvalue weighted by Gasteiger charge is -2.17. The second-order valence-corrected chi connectivity index (χ2v) is 6.09. The molecule has 1 aromatic rings. The first kappa shape index (κ1) is 19.7. The second kappa shape index (κ2) is 8.64. The van der Waals surface area contributed by atoms with Crippen LogP contribution in [0.4, 0.5) is 5.69 Å². The van der Waals surface area contributed by atoms with E-state index in [0.29, 0.717) is 11.3 Å². The Bertz CT molecular complexity index is 740. The first-order valence-electron chi connectivity index (χ1n) is 8.25. The highest BCUT2D eigenvalue weighted by atomic mass is 16.5. The number of ketones is 1. The monoisotopic (exact) mass is 361 g/mol. The van der Waals surface area contributed by atoms with E-state index >= 15 is 0 Å². The van der Waals surface area contributed by atoms with Crippen LogP contribution in [0.15, 0.2) is 30.4 Å². The summed E-state index contributed by atoms with van der Waals surface area (Å²) in [4.78, 5) is 24.4. The first-order valence-corrected chi connectivity index (χ1v) is 8.25. The predicted molar refractivity (Wildman–Crippen MR) is 96.7 cm³/mol. The number of benzene rings is 1. The summed E-state index contributed by atoms with van der Waals surface area (Å²) in [5.74, 6) is -0.728. The van der Waals surface area contributed by atoms with Gasteiger partial charge < -0.3 is 25.4 Å². The van der Waals surface area contributed by atoms with Crippen LogP contribution in [-0.4, -0.2) is 47.4 Å². The minimum atomic E-state index is -1.52. The molecule has 0 bridgehead atoms. The molecule has 26 heavy (non-hydrogen) atoms. The van der Waals surface area contributed by atoms with Gasteiger partial charge in [0.1, 0.15) is 18.0 Å². The van der Waals surface area contributed by atoms with Gasteiger partial charge in [-0.2, -0.15) is 0 Å². The quantitative estimate of drug-likeness (QED) is 0.512. The molecular formula is C19H23NO6. The summed E-state index contributed by atoms with van der Waals surface area (Å²) < 4.78 is 10.6. The van der Waals surface area contributed by atoms with Crippen LogP contribution >= 0.6 is 0 Å². The summed E-state index contributed by atoms with van der Waals surface area (Å²) in [6.45, 7) is 1.68. The van der Waals surface area contributed by atoms with E-state index in [4.69, 9.17) is 15.2 Å². The van der Waals surface area contributed by atoms with E-state index in [9.17, 15) is 19.8 Å². The van der Waals surface area contributed by atoms with Gasteiger partial charge in [0, 0.05) is 12.5 Å². The van der Waals surface area contributed by atoms with Crippen LogP contribution in [0.25, 0.3) is 6.08 Å². The first-order chi connectivity index (χ1) is 12.3. The summed E-state index contributed by atoms with van der Waals surface area (Å²) in [6, 6.07) is 3.15. The molecule has 2 rings (SSSR count). The number of hydrogen-bond donors (Lipinski definition) is 3. The number of cyclic esters (lactones) is 1. The maximum Gasteiger partial charge on any atom is 0.341 e. The minimum Gasteiger partial charge on any atom is -0.497 e. The van der Waals surface area contributed by atoms with Crippen molar-refractivity contribution in [3.8, 4) is 5.75 Å². The molecule has 0 spiro atoms. The summed E-state index contributed by atoms with van der Waals surface area (Å²) in [5.41, 5.74) is 6.86. The van der Waals surface area contributed by atoms with Crippen molar-refractivity contribution < 1.29 is 29.3 Å². The van der Waals surface area contributed by atoms with Crippen molar-refractivity contribution in [2.75, 3.05) is 12.8 Å². The lowest BCUT2D eigenvalue weighted by molar-refractivity contribution is -0.127. The van der Waals surface area contributed by atoms with Gasteiger partial charge in [0.2, 0.25) is 0 Å². The summed E-state index contributed by atoms with van der Waals surface area (Å²) in [7, 11) is 1.48. The molecule has 7 heteroatoms. The molecule has 0 saturated carbocycles. The number of nitrogens with two attached hydrogens (primary N) is 1. The molecular weight excluding hydrogens is 338 g/mol. The van der Waals surface area contributed by atoms with Crippen LogP contribution in [0.5, 0.6) is 5.75 Å². The van der Waals surface area contributed by atoms with Crippen molar-refractivity contribution in [3.63, 3.8) is 0 Å². The number of ether oxygens (including phenoxy) is 2. The third-order valence-electron chi connectivity index (χ3n) is 4.00. The lowest BCUT2D eigenvalue weighted by atomic mass is 10.0. The van der Waals surface area contributed by atoms with Crippen molar-refractivity contribution in [1.29, 1.82) is 0 Å². The number of aliphatic hydroxyl groups is 2. The Hall–Kier alpha value is -2.64. The topological polar surface area (TPSA) is 119 Å². The van der Waals surface area contributed by atoms with Crippen LogP contribution in [0, 0.1) is 0 Å². The standard InChI is InChI=1S/C19H23NO6/c1-11-5-3-7-15(21)18(23)16(22)8-4-6-12-9-13(25-2)10-14(20)17(12)19(24)26-11/h3-4,6-7,9-11,16,18,22-23H,5,8,20H2,1-2H3/b6-4+,7-3-/t11?,16?,18-/m1/s1. The van der Waals surface area contributed by atoms with Gasteiger partial charge in [0.25, 0.3) is 0 Å². The van der Waals surface area contributed by atoms with E-state index in [1.54, 1.807) is 25.1 Å². The number of hydrogen-bond acceptors (Lipinski definition) is 7. The van der Waals surface area contributed by atoms with E-state index < -0.39 is 30.1 Å². The number of rotatable bonds is 1. The molecule has 0 fully saturated rings. The molecule has 1 aliphatic heterocycles. The number of aliphatic hydroxyl groups excluding tert-OH is 2. The predicted octanol–water partition coefficient (Wildman–Crippen LogP) is 1.48. The van der Waals surface area contributed by atoms with Crippen LogP contribution in [0.2, 0.25) is 0 Å². The number of methoxy groups -OCH3 is 1. The number of nitrogen functional groups attached to an aromatic ring is 1. The van der Waals surface area contributed by atoms with Crippen molar-refractivity contribution in [3.05, 3.63) is 41.5 Å². The Morgan fingerprint density at radius 2 is 1.85 bits per heavy atom. The zero-order chi connectivity index (χ0) is 19.3. The van der Waals surface area contributed by atoms with Gasteiger partial charge in [-0.05, 0) is 31.1 Å². The zero-order valence-electron chi connectivity index (χ0n) is 14.7. The Balaban J connectivity index is 2.45. The Labute approximate surface area is 151 Å². The van der Waals surface area contributed by atoms with Gasteiger partial charge in [-0.25, -0.2) is 4.79 Å². The molecule has 4 N–H and O–H groups in total. The molecule has 3 atom stereocenters. The van der Waals surface area contributed by atoms with Crippen molar-refractivity contribution in [2.45, 2.75) is 38.1 Å². The van der Waals surface area contributed by atoms with E-state index in [1.807, 2.05) is 0 Å². The van der Waals surface area contributed by atoms with Crippen LogP contribution in [-0.2, 0) is 9.53 Å². The van der Waals surface area contributed by atoms with Gasteiger partial charge in [0.15, 0.2) is 5.78 Å². The van der Waals surface area contributed by atoms with Crippen molar-refractivity contribution in [1.82, 2.24) is 0 Å². The molecule has 0 saturated heterocycles. The highest BCUT2D eigenvalue weighted by Crippen LogP contribution is 2.27.